The normalized spacial score (nSPS) is 19.2. The Balaban J connectivity index is 1.64. The molecule has 2 aromatic rings. The standard InChI is InChI=1S/C25H24ClF3/c1-2-3-17-4-6-18(7-5-17)8-9-20-15-23(27)21(24(28)16-20)12-10-19-11-13-22(26)25(29)14-19/h2-3,11,13-18H,4-9H2,1H3. The Labute approximate surface area is 175 Å². The highest BCUT2D eigenvalue weighted by Gasteiger charge is 2.19. The highest BCUT2D eigenvalue weighted by Crippen LogP contribution is 2.32. The topological polar surface area (TPSA) is 0 Å². The third-order valence-corrected chi connectivity index (χ3v) is 5.86. The van der Waals surface area contributed by atoms with E-state index in [4.69, 9.17) is 11.6 Å². The Morgan fingerprint density at radius 3 is 2.28 bits per heavy atom. The lowest BCUT2D eigenvalue weighted by molar-refractivity contribution is 0.296. The van der Waals surface area contributed by atoms with E-state index in [1.54, 1.807) is 0 Å². The van der Waals surface area contributed by atoms with Crippen molar-refractivity contribution >= 4 is 11.6 Å². The molecule has 0 radical (unpaired) electrons. The summed E-state index contributed by atoms with van der Waals surface area (Å²) in [7, 11) is 0. The van der Waals surface area contributed by atoms with Crippen LogP contribution in [0, 0.1) is 41.1 Å². The first-order valence-corrected chi connectivity index (χ1v) is 10.4. The molecular formula is C25H24ClF3. The molecule has 0 atom stereocenters. The van der Waals surface area contributed by atoms with Crippen LogP contribution in [-0.4, -0.2) is 0 Å². The molecule has 1 aliphatic rings. The van der Waals surface area contributed by atoms with E-state index in [1.807, 2.05) is 0 Å². The minimum Gasteiger partial charge on any atom is -0.206 e. The summed E-state index contributed by atoms with van der Waals surface area (Å²) in [6, 6.07) is 6.74. The van der Waals surface area contributed by atoms with Gasteiger partial charge in [0.2, 0.25) is 0 Å². The van der Waals surface area contributed by atoms with Gasteiger partial charge in [0.05, 0.1) is 10.6 Å². The Bertz CT molecular complexity index is 921. The molecule has 0 amide bonds. The molecule has 0 heterocycles. The summed E-state index contributed by atoms with van der Waals surface area (Å²) in [5.74, 6) is 4.38. The summed E-state index contributed by atoms with van der Waals surface area (Å²) in [4.78, 5) is 0. The number of hydrogen-bond donors (Lipinski definition) is 0. The zero-order valence-electron chi connectivity index (χ0n) is 16.5. The lowest BCUT2D eigenvalue weighted by Crippen LogP contribution is -2.13. The fraction of sp³-hybridized carbons (Fsp3) is 0.360. The lowest BCUT2D eigenvalue weighted by Gasteiger charge is -2.26. The van der Waals surface area contributed by atoms with Crippen LogP contribution in [0.15, 0.2) is 42.5 Å². The second-order valence-electron chi connectivity index (χ2n) is 7.66. The zero-order valence-corrected chi connectivity index (χ0v) is 17.2. The van der Waals surface area contributed by atoms with Crippen molar-refractivity contribution in [3.8, 4) is 11.8 Å². The van der Waals surface area contributed by atoms with Crippen LogP contribution in [-0.2, 0) is 6.42 Å². The third kappa shape index (κ3) is 5.90. The van der Waals surface area contributed by atoms with E-state index in [1.165, 1.54) is 49.9 Å². The smallest absolute Gasteiger partial charge is 0.143 e. The van der Waals surface area contributed by atoms with E-state index in [0.29, 0.717) is 29.4 Å². The molecule has 0 nitrogen and oxygen atoms in total. The predicted octanol–water partition coefficient (Wildman–Crippen LogP) is 7.47. The molecule has 3 rings (SSSR count). The quantitative estimate of drug-likeness (QED) is 0.358. The van der Waals surface area contributed by atoms with Crippen molar-refractivity contribution in [1.82, 2.24) is 0 Å². The summed E-state index contributed by atoms with van der Waals surface area (Å²) in [6.07, 6.45) is 10.7. The SMILES string of the molecule is CC=CC1CCC(CCc2cc(F)c(C#Cc3ccc(Cl)c(F)c3)c(F)c2)CC1. The van der Waals surface area contributed by atoms with Crippen molar-refractivity contribution in [3.05, 3.63) is 81.6 Å². The maximum absolute atomic E-state index is 14.4. The summed E-state index contributed by atoms with van der Waals surface area (Å²) < 4.78 is 42.3. The van der Waals surface area contributed by atoms with E-state index in [9.17, 15) is 13.2 Å². The molecular weight excluding hydrogens is 393 g/mol. The van der Waals surface area contributed by atoms with Gasteiger partial charge in [-0.1, -0.05) is 35.6 Å². The number of allylic oxidation sites excluding steroid dienone is 2. The van der Waals surface area contributed by atoms with Crippen LogP contribution in [0.4, 0.5) is 13.2 Å². The molecule has 1 fully saturated rings. The molecule has 0 aromatic heterocycles. The highest BCUT2D eigenvalue weighted by atomic mass is 35.5. The van der Waals surface area contributed by atoms with Crippen LogP contribution in [0.5, 0.6) is 0 Å². The molecule has 152 valence electrons. The largest absolute Gasteiger partial charge is 0.206 e. The van der Waals surface area contributed by atoms with Gasteiger partial charge in [-0.25, -0.2) is 13.2 Å². The predicted molar refractivity (Wildman–Crippen MR) is 112 cm³/mol. The number of benzene rings is 2. The Hall–Kier alpha value is -2.18. The molecule has 0 saturated heterocycles. The van der Waals surface area contributed by atoms with Crippen LogP contribution in [0.2, 0.25) is 5.02 Å². The number of halogens is 4. The van der Waals surface area contributed by atoms with Crippen molar-refractivity contribution in [1.29, 1.82) is 0 Å². The van der Waals surface area contributed by atoms with Gasteiger partial charge in [-0.05, 0) is 93.2 Å². The van der Waals surface area contributed by atoms with Crippen LogP contribution in [0.3, 0.4) is 0 Å². The van der Waals surface area contributed by atoms with Crippen molar-refractivity contribution in [2.45, 2.75) is 45.4 Å². The molecule has 29 heavy (non-hydrogen) atoms. The first kappa shape index (κ1) is 21.5. The summed E-state index contributed by atoms with van der Waals surface area (Å²) in [6.45, 7) is 2.05. The minimum atomic E-state index is -0.682. The van der Waals surface area contributed by atoms with Crippen LogP contribution >= 0.6 is 11.6 Å². The first-order chi connectivity index (χ1) is 14.0. The van der Waals surface area contributed by atoms with Gasteiger partial charge in [-0.2, -0.15) is 0 Å². The zero-order chi connectivity index (χ0) is 20.8. The van der Waals surface area contributed by atoms with Crippen molar-refractivity contribution in [2.24, 2.45) is 11.8 Å². The summed E-state index contributed by atoms with van der Waals surface area (Å²) in [5, 5.41) is -0.0208. The van der Waals surface area contributed by atoms with Gasteiger partial charge in [0, 0.05) is 5.56 Å². The fourth-order valence-electron chi connectivity index (χ4n) is 3.91. The first-order valence-electron chi connectivity index (χ1n) is 10.0. The molecule has 1 saturated carbocycles. The number of hydrogen-bond acceptors (Lipinski definition) is 0. The van der Waals surface area contributed by atoms with Crippen LogP contribution in [0.25, 0.3) is 0 Å². The second kappa shape index (κ2) is 10.0. The second-order valence-corrected chi connectivity index (χ2v) is 8.07. The van der Waals surface area contributed by atoms with E-state index in [0.717, 1.165) is 12.5 Å². The van der Waals surface area contributed by atoms with Gasteiger partial charge in [-0.15, -0.1) is 0 Å². The van der Waals surface area contributed by atoms with Gasteiger partial charge >= 0.3 is 0 Å². The Kier molecular flexibility index (Phi) is 7.45. The van der Waals surface area contributed by atoms with Gasteiger partial charge in [0.15, 0.2) is 0 Å². The molecule has 0 aliphatic heterocycles. The van der Waals surface area contributed by atoms with Crippen molar-refractivity contribution in [3.63, 3.8) is 0 Å². The molecule has 4 heteroatoms. The minimum absolute atomic E-state index is 0.0208. The monoisotopic (exact) mass is 416 g/mol. The molecule has 2 aromatic carbocycles. The summed E-state index contributed by atoms with van der Waals surface area (Å²) >= 11 is 5.63. The van der Waals surface area contributed by atoms with Crippen molar-refractivity contribution < 1.29 is 13.2 Å². The van der Waals surface area contributed by atoms with Gasteiger partial charge < -0.3 is 0 Å². The number of rotatable bonds is 4. The lowest BCUT2D eigenvalue weighted by atomic mass is 9.79. The fourth-order valence-corrected chi connectivity index (χ4v) is 4.03. The Morgan fingerprint density at radius 1 is 0.966 bits per heavy atom. The van der Waals surface area contributed by atoms with Gasteiger partial charge in [-0.3, -0.25) is 0 Å². The Morgan fingerprint density at radius 2 is 1.66 bits per heavy atom. The van der Waals surface area contributed by atoms with E-state index < -0.39 is 17.5 Å². The third-order valence-electron chi connectivity index (χ3n) is 5.55. The maximum atomic E-state index is 14.4. The molecule has 0 bridgehead atoms. The molecule has 0 N–H and O–H groups in total. The average molecular weight is 417 g/mol. The molecule has 1 aliphatic carbocycles. The van der Waals surface area contributed by atoms with E-state index >= 15 is 0 Å². The molecule has 0 spiro atoms. The van der Waals surface area contributed by atoms with Crippen LogP contribution in [0.1, 0.15) is 55.7 Å². The average Bonchev–Trinajstić information content (AvgIpc) is 2.70. The highest BCUT2D eigenvalue weighted by molar-refractivity contribution is 6.30. The van der Waals surface area contributed by atoms with E-state index in [2.05, 4.69) is 30.9 Å². The maximum Gasteiger partial charge on any atom is 0.143 e. The van der Waals surface area contributed by atoms with E-state index in [-0.39, 0.29) is 10.6 Å². The number of aryl methyl sites for hydroxylation is 1. The van der Waals surface area contributed by atoms with Crippen molar-refractivity contribution in [2.75, 3.05) is 0 Å². The van der Waals surface area contributed by atoms with Crippen LogP contribution < -0.4 is 0 Å². The van der Waals surface area contributed by atoms with Gasteiger partial charge in [0.25, 0.3) is 0 Å². The molecule has 0 unspecified atom stereocenters. The summed E-state index contributed by atoms with van der Waals surface area (Å²) in [5.41, 5.74) is 0.665. The van der Waals surface area contributed by atoms with Gasteiger partial charge in [0.1, 0.15) is 17.5 Å².